The molecule has 0 fully saturated rings. The summed E-state index contributed by atoms with van der Waals surface area (Å²) in [5.74, 6) is 0. The smallest absolute Gasteiger partial charge is 0.252 e. The molecule has 0 radical (unpaired) electrons. The van der Waals surface area contributed by atoms with Gasteiger partial charge in [-0.15, -0.1) is 0 Å². The molecule has 0 amide bonds. The van der Waals surface area contributed by atoms with Crippen LogP contribution < -0.4 is 26.2 Å². The lowest BCUT2D eigenvalue weighted by Crippen LogP contribution is -2.61. The van der Waals surface area contributed by atoms with Gasteiger partial charge in [0.1, 0.15) is 11.2 Å². The van der Waals surface area contributed by atoms with Gasteiger partial charge in [0, 0.05) is 61.1 Å². The molecule has 2 aliphatic heterocycles. The lowest BCUT2D eigenvalue weighted by Gasteiger charge is -2.45. The summed E-state index contributed by atoms with van der Waals surface area (Å²) in [7, 11) is 0. The molecule has 3 aromatic heterocycles. The van der Waals surface area contributed by atoms with Gasteiger partial charge in [-0.2, -0.15) is 0 Å². The zero-order chi connectivity index (χ0) is 70.3. The Kier molecular flexibility index (Phi) is 8.61. The standard InChI is InChI=1S/C84H53BN4O/c1-6-24-54(25-7-1)58-42-44-68-73(46-58)88(77-49-61(57-30-12-4-13-31-57)52-81-83(77)67-37-19-23-41-80(67)90-81)78-50-60(56-28-10-3-11-29-56)51-79-84(78)85(68)69-45-43-63(87-70-38-20-16-34-64(70)65-35-17-21-39-71(65)87)53-74(69)89(79)76-48-59(55-26-8-2-9-27-55)47-75-82(76)66-36-18-22-40-72(66)86(75)62-32-14-5-15-33-62/h1-53H/i1D,6D,7D,16D,17D,20D,21D,24D,25D,34D,35D,38D,39D. The van der Waals surface area contributed by atoms with E-state index in [-0.39, 0.29) is 39.5 Å². The van der Waals surface area contributed by atoms with E-state index in [4.69, 9.17) is 11.3 Å². The van der Waals surface area contributed by atoms with Crippen LogP contribution in [0.5, 0.6) is 0 Å². The van der Waals surface area contributed by atoms with Gasteiger partial charge in [-0.3, -0.25) is 0 Å². The van der Waals surface area contributed by atoms with E-state index in [1.54, 1.807) is 4.57 Å². The van der Waals surface area contributed by atoms with Crippen molar-refractivity contribution in [2.24, 2.45) is 0 Å². The molecule has 0 N–H and O–H groups in total. The van der Waals surface area contributed by atoms with Crippen molar-refractivity contribution in [3.05, 3.63) is 321 Å². The van der Waals surface area contributed by atoms with Crippen molar-refractivity contribution in [3.8, 4) is 55.9 Å². The van der Waals surface area contributed by atoms with Crippen LogP contribution in [0.15, 0.2) is 326 Å². The molecule has 2 aliphatic rings. The van der Waals surface area contributed by atoms with E-state index in [1.165, 1.54) is 0 Å². The number of anilines is 6. The van der Waals surface area contributed by atoms with Crippen molar-refractivity contribution < 1.29 is 22.2 Å². The number of aromatic nitrogens is 2. The highest BCUT2D eigenvalue weighted by molar-refractivity contribution is 7.00. The summed E-state index contributed by atoms with van der Waals surface area (Å²) in [4.78, 5) is 4.57. The topological polar surface area (TPSA) is 29.5 Å². The molecule has 0 saturated heterocycles. The molecule has 0 aliphatic carbocycles. The van der Waals surface area contributed by atoms with Crippen LogP contribution in [0.1, 0.15) is 17.8 Å². The van der Waals surface area contributed by atoms with E-state index in [9.17, 15) is 11.0 Å². The molecule has 5 nitrogen and oxygen atoms in total. The van der Waals surface area contributed by atoms with Gasteiger partial charge in [-0.1, -0.05) is 230 Å². The average Bonchev–Trinajstić information content (AvgIpc) is 1.66. The van der Waals surface area contributed by atoms with Crippen molar-refractivity contribution in [2.45, 2.75) is 0 Å². The molecular weight excluding hydrogens is 1090 g/mol. The summed E-state index contributed by atoms with van der Waals surface area (Å²) in [5.41, 5.74) is 16.7. The predicted molar refractivity (Wildman–Crippen MR) is 378 cm³/mol. The lowest BCUT2D eigenvalue weighted by atomic mass is 9.33. The summed E-state index contributed by atoms with van der Waals surface area (Å²) in [5, 5.41) is 3.38. The zero-order valence-corrected chi connectivity index (χ0v) is 47.9. The third kappa shape index (κ3) is 7.58. The Morgan fingerprint density at radius 1 is 0.278 bits per heavy atom. The van der Waals surface area contributed by atoms with Crippen LogP contribution in [-0.4, -0.2) is 15.8 Å². The highest BCUT2D eigenvalue weighted by Crippen LogP contribution is 2.53. The van der Waals surface area contributed by atoms with Crippen LogP contribution in [0.4, 0.5) is 34.1 Å². The van der Waals surface area contributed by atoms with E-state index >= 15 is 0 Å². The molecule has 90 heavy (non-hydrogen) atoms. The Bertz CT molecular complexity index is 6460. The number of furan rings is 1. The number of para-hydroxylation sites is 5. The highest BCUT2D eigenvalue weighted by atomic mass is 16.3. The first kappa shape index (κ1) is 39.0. The van der Waals surface area contributed by atoms with E-state index in [0.29, 0.717) is 33.8 Å². The molecule has 6 heteroatoms. The van der Waals surface area contributed by atoms with Gasteiger partial charge in [-0.05, 0) is 152 Å². The maximum absolute atomic E-state index is 9.75. The predicted octanol–water partition coefficient (Wildman–Crippen LogP) is 20.5. The third-order valence-electron chi connectivity index (χ3n) is 18.2. The Hall–Kier alpha value is -11.9. The van der Waals surface area contributed by atoms with Gasteiger partial charge in [0.15, 0.2) is 0 Å². The first-order chi connectivity index (χ1) is 50.1. The monoisotopic (exact) mass is 1160 g/mol. The Labute approximate surface area is 538 Å². The van der Waals surface area contributed by atoms with Crippen LogP contribution >= 0.6 is 0 Å². The second kappa shape index (κ2) is 19.8. The van der Waals surface area contributed by atoms with Gasteiger partial charge in [0.25, 0.3) is 6.71 Å². The second-order valence-corrected chi connectivity index (χ2v) is 23.0. The summed E-state index contributed by atoms with van der Waals surface area (Å²) in [6.07, 6.45) is 0. The fourth-order valence-electron chi connectivity index (χ4n) is 14.4. The molecule has 0 unspecified atom stereocenters. The van der Waals surface area contributed by atoms with Crippen molar-refractivity contribution in [1.82, 2.24) is 9.13 Å². The number of hydrogen-bond acceptors (Lipinski definition) is 3. The van der Waals surface area contributed by atoms with Gasteiger partial charge in [-0.25, -0.2) is 0 Å². The third-order valence-corrected chi connectivity index (χ3v) is 18.2. The Morgan fingerprint density at radius 2 is 0.767 bits per heavy atom. The number of rotatable bonds is 8. The van der Waals surface area contributed by atoms with Gasteiger partial charge >= 0.3 is 0 Å². The fraction of sp³-hybridized carbons (Fsp3) is 0. The van der Waals surface area contributed by atoms with E-state index in [0.717, 1.165) is 111 Å². The van der Waals surface area contributed by atoms with Crippen molar-refractivity contribution in [2.75, 3.05) is 9.80 Å². The fourth-order valence-corrected chi connectivity index (χ4v) is 14.4. The highest BCUT2D eigenvalue weighted by Gasteiger charge is 2.45. The van der Waals surface area contributed by atoms with Crippen LogP contribution in [0.3, 0.4) is 0 Å². The lowest BCUT2D eigenvalue weighted by molar-refractivity contribution is 0.669. The van der Waals surface area contributed by atoms with Crippen LogP contribution in [0, 0.1) is 0 Å². The Morgan fingerprint density at radius 3 is 1.42 bits per heavy atom. The number of benzene rings is 14. The molecule has 14 aromatic carbocycles. The number of hydrogen-bond donors (Lipinski definition) is 0. The quantitative estimate of drug-likeness (QED) is 0.142. The summed E-state index contributed by atoms with van der Waals surface area (Å²) in [6, 6.07) is 75.8. The molecule has 0 bridgehead atoms. The number of nitrogens with zero attached hydrogens (tertiary/aromatic N) is 4. The molecule has 418 valence electrons. The summed E-state index contributed by atoms with van der Waals surface area (Å²) < 4.78 is 131. The van der Waals surface area contributed by atoms with E-state index in [1.807, 2.05) is 140 Å². The van der Waals surface area contributed by atoms with Crippen LogP contribution in [-0.2, 0) is 0 Å². The number of fused-ring (bicyclic) bond motifs is 13. The molecule has 0 atom stereocenters. The SMILES string of the molecule is [2H]c1c([2H])c([2H])c(-c2ccc3c(c2)N(c2cc(-c4ccccc4)cc4oc5ccccc5c24)c2cc(-c4ccccc4)cc4c2B3c2ccc(-n3c5c([2H])c([2H])c([2H])c([2H])c5c5c([2H])c([2H])c([2H])c([2H])c53)cc2N4c2cc(-c3ccccc3)cc3c2c2ccccc2n3-c2ccccc2)c([2H])c1[2H]. The molecule has 0 spiro atoms. The summed E-state index contributed by atoms with van der Waals surface area (Å²) >= 11 is 0. The van der Waals surface area contributed by atoms with E-state index in [2.05, 4.69) is 117 Å². The van der Waals surface area contributed by atoms with Crippen molar-refractivity contribution in [1.29, 1.82) is 0 Å². The molecule has 17 aromatic rings. The van der Waals surface area contributed by atoms with Gasteiger partial charge < -0.3 is 23.4 Å². The molecule has 0 saturated carbocycles. The van der Waals surface area contributed by atoms with Gasteiger partial charge in [0.2, 0.25) is 0 Å². The maximum atomic E-state index is 9.75. The van der Waals surface area contributed by atoms with Crippen LogP contribution in [0.25, 0.3) is 121 Å². The zero-order valence-electron chi connectivity index (χ0n) is 60.9. The molecule has 19 rings (SSSR count). The van der Waals surface area contributed by atoms with Crippen LogP contribution in [0.2, 0.25) is 0 Å². The first-order valence-corrected chi connectivity index (χ1v) is 29.9. The largest absolute Gasteiger partial charge is 0.456 e. The maximum Gasteiger partial charge on any atom is 0.252 e. The van der Waals surface area contributed by atoms with E-state index < -0.39 is 73.2 Å². The van der Waals surface area contributed by atoms with Crippen molar-refractivity contribution in [3.63, 3.8) is 0 Å². The summed E-state index contributed by atoms with van der Waals surface area (Å²) in [6.45, 7) is -0.685. The Balaban J connectivity index is 1.02. The second-order valence-electron chi connectivity index (χ2n) is 23.0. The van der Waals surface area contributed by atoms with Crippen molar-refractivity contribution >= 4 is 123 Å². The average molecular weight is 1160 g/mol. The first-order valence-electron chi connectivity index (χ1n) is 36.4. The molecule has 5 heterocycles. The normalized spacial score (nSPS) is 14.6. The molecular formula is C84H53BN4O. The minimum absolute atomic E-state index is 0.0224. The minimum Gasteiger partial charge on any atom is -0.456 e. The van der Waals surface area contributed by atoms with Gasteiger partial charge in [0.05, 0.1) is 56.6 Å². The minimum atomic E-state index is -0.685.